The molecule has 2 aliphatic carbocycles. The molecule has 2 saturated carbocycles. The maximum atomic E-state index is 12.1. The highest BCUT2D eigenvalue weighted by Gasteiger charge is 2.44. The summed E-state index contributed by atoms with van der Waals surface area (Å²) in [6.45, 7) is 1.00. The van der Waals surface area contributed by atoms with Crippen LogP contribution in [0.5, 0.6) is 0 Å². The highest BCUT2D eigenvalue weighted by atomic mass is 32.2. The molecule has 0 saturated heterocycles. The molecule has 2 fully saturated rings. The third-order valence-electron chi connectivity index (χ3n) is 4.90. The molecule has 0 aromatic heterocycles. The van der Waals surface area contributed by atoms with E-state index in [0.717, 1.165) is 45.1 Å². The molecule has 3 rings (SSSR count). The first-order valence-corrected chi connectivity index (χ1v) is 9.40. The Morgan fingerprint density at radius 3 is 2.48 bits per heavy atom. The van der Waals surface area contributed by atoms with Crippen molar-refractivity contribution in [3.8, 4) is 0 Å². The number of carbonyl (C=O) groups excluding carboxylic acids is 1. The highest BCUT2D eigenvalue weighted by molar-refractivity contribution is 8.01. The van der Waals surface area contributed by atoms with Crippen molar-refractivity contribution in [1.82, 2.24) is 10.6 Å². The summed E-state index contributed by atoms with van der Waals surface area (Å²) in [7, 11) is 0. The lowest BCUT2D eigenvalue weighted by Gasteiger charge is -2.28. The third-order valence-corrected chi connectivity index (χ3v) is 6.39. The number of urea groups is 1. The van der Waals surface area contributed by atoms with E-state index < -0.39 is 0 Å². The van der Waals surface area contributed by atoms with E-state index in [0.29, 0.717) is 5.92 Å². The zero-order valence-electron chi connectivity index (χ0n) is 13.5. The first kappa shape index (κ1) is 16.7. The fourth-order valence-electron chi connectivity index (χ4n) is 3.16. The summed E-state index contributed by atoms with van der Waals surface area (Å²) in [6.07, 6.45) is 6.29. The smallest absolute Gasteiger partial charge is 0.315 e. The zero-order valence-corrected chi connectivity index (χ0v) is 14.3. The quantitative estimate of drug-likeness (QED) is 0.749. The van der Waals surface area contributed by atoms with Gasteiger partial charge in [0.25, 0.3) is 0 Å². The molecule has 0 radical (unpaired) electrons. The predicted octanol–water partition coefficient (Wildman–Crippen LogP) is 3.16. The number of rotatable bonds is 6. The van der Waals surface area contributed by atoms with E-state index >= 15 is 0 Å². The summed E-state index contributed by atoms with van der Waals surface area (Å²) in [5, 5.41) is 15.3. The van der Waals surface area contributed by atoms with Gasteiger partial charge in [0.15, 0.2) is 0 Å². The van der Waals surface area contributed by atoms with Crippen LogP contribution in [0, 0.1) is 5.92 Å². The number of benzene rings is 1. The van der Waals surface area contributed by atoms with Crippen LogP contribution in [0.3, 0.4) is 0 Å². The van der Waals surface area contributed by atoms with Crippen LogP contribution < -0.4 is 10.6 Å². The minimum Gasteiger partial charge on any atom is -0.396 e. The standard InChI is InChI=1S/C18H26N2O2S/c21-12-14-6-8-15(9-7-14)20-17(22)19-13-18(10-11-18)23-16-4-2-1-3-5-16/h1-5,14-15,21H,6-13H2,(H2,19,20,22). The average molecular weight is 334 g/mol. The van der Waals surface area contributed by atoms with Gasteiger partial charge < -0.3 is 15.7 Å². The van der Waals surface area contributed by atoms with Crippen LogP contribution >= 0.6 is 11.8 Å². The van der Waals surface area contributed by atoms with Crippen molar-refractivity contribution in [1.29, 1.82) is 0 Å². The molecule has 1 aromatic rings. The number of carbonyl (C=O) groups is 1. The Hall–Kier alpha value is -1.20. The van der Waals surface area contributed by atoms with Gasteiger partial charge in [-0.25, -0.2) is 4.79 Å². The van der Waals surface area contributed by atoms with Crippen molar-refractivity contribution in [3.05, 3.63) is 30.3 Å². The average Bonchev–Trinajstić information content (AvgIpc) is 3.35. The predicted molar refractivity (Wildman–Crippen MR) is 93.6 cm³/mol. The molecule has 0 unspecified atom stereocenters. The topological polar surface area (TPSA) is 61.4 Å². The number of amides is 2. The Balaban J connectivity index is 1.39. The second-order valence-electron chi connectivity index (χ2n) is 6.83. The summed E-state index contributed by atoms with van der Waals surface area (Å²) < 4.78 is 0.188. The van der Waals surface area contributed by atoms with Crippen molar-refractivity contribution >= 4 is 17.8 Å². The van der Waals surface area contributed by atoms with Gasteiger partial charge in [-0.05, 0) is 56.6 Å². The van der Waals surface area contributed by atoms with Crippen molar-refractivity contribution in [2.45, 2.75) is 54.2 Å². The van der Waals surface area contributed by atoms with E-state index in [1.54, 1.807) is 0 Å². The molecule has 126 valence electrons. The monoisotopic (exact) mass is 334 g/mol. The second kappa shape index (κ2) is 7.58. The Bertz CT molecular complexity index is 511. The summed E-state index contributed by atoms with van der Waals surface area (Å²) in [4.78, 5) is 13.4. The molecule has 4 nitrogen and oxygen atoms in total. The minimum absolute atomic E-state index is 0.0441. The van der Waals surface area contributed by atoms with Gasteiger partial charge in [-0.1, -0.05) is 18.2 Å². The van der Waals surface area contributed by atoms with E-state index in [2.05, 4.69) is 34.9 Å². The molecular weight excluding hydrogens is 308 g/mol. The van der Waals surface area contributed by atoms with Gasteiger partial charge in [-0.15, -0.1) is 11.8 Å². The Morgan fingerprint density at radius 2 is 1.87 bits per heavy atom. The Labute approximate surface area is 142 Å². The number of hydrogen-bond acceptors (Lipinski definition) is 3. The van der Waals surface area contributed by atoms with E-state index in [1.807, 2.05) is 17.8 Å². The van der Waals surface area contributed by atoms with Crippen molar-refractivity contribution in [2.24, 2.45) is 5.92 Å². The number of thioether (sulfide) groups is 1. The van der Waals surface area contributed by atoms with Gasteiger partial charge >= 0.3 is 6.03 Å². The fourth-order valence-corrected chi connectivity index (χ4v) is 4.40. The van der Waals surface area contributed by atoms with Crippen LogP contribution in [0.15, 0.2) is 35.2 Å². The molecule has 5 heteroatoms. The molecule has 0 bridgehead atoms. The number of hydrogen-bond donors (Lipinski definition) is 3. The summed E-state index contributed by atoms with van der Waals surface area (Å²) in [5.74, 6) is 0.424. The van der Waals surface area contributed by atoms with Gasteiger partial charge in [-0.3, -0.25) is 0 Å². The summed E-state index contributed by atoms with van der Waals surface area (Å²) in [5.41, 5.74) is 0. The molecule has 0 atom stereocenters. The van der Waals surface area contributed by atoms with E-state index in [-0.39, 0.29) is 23.4 Å². The number of aliphatic hydroxyl groups excluding tert-OH is 1. The molecule has 2 amide bonds. The van der Waals surface area contributed by atoms with Crippen LogP contribution in [-0.4, -0.2) is 35.1 Å². The van der Waals surface area contributed by atoms with Crippen LogP contribution in [-0.2, 0) is 0 Å². The number of nitrogens with one attached hydrogen (secondary N) is 2. The largest absolute Gasteiger partial charge is 0.396 e. The van der Waals surface area contributed by atoms with Crippen LogP contribution in [0.25, 0.3) is 0 Å². The molecule has 0 spiro atoms. The van der Waals surface area contributed by atoms with Crippen LogP contribution in [0.1, 0.15) is 38.5 Å². The SMILES string of the molecule is O=C(NCC1(Sc2ccccc2)CC1)NC1CCC(CO)CC1. The van der Waals surface area contributed by atoms with Crippen molar-refractivity contribution < 1.29 is 9.90 Å². The molecule has 2 aliphatic rings. The molecular formula is C18H26N2O2S. The normalized spacial score (nSPS) is 25.6. The first-order chi connectivity index (χ1) is 11.2. The molecule has 1 aromatic carbocycles. The van der Waals surface area contributed by atoms with Crippen LogP contribution in [0.2, 0.25) is 0 Å². The first-order valence-electron chi connectivity index (χ1n) is 8.58. The van der Waals surface area contributed by atoms with Gasteiger partial charge in [0.05, 0.1) is 0 Å². The molecule has 0 aliphatic heterocycles. The van der Waals surface area contributed by atoms with Gasteiger partial charge in [0.2, 0.25) is 0 Å². The van der Waals surface area contributed by atoms with Gasteiger partial charge in [0.1, 0.15) is 0 Å². The van der Waals surface area contributed by atoms with Gasteiger partial charge in [0, 0.05) is 28.8 Å². The second-order valence-corrected chi connectivity index (χ2v) is 8.37. The highest BCUT2D eigenvalue weighted by Crippen LogP contribution is 2.51. The van der Waals surface area contributed by atoms with E-state index in [4.69, 9.17) is 5.11 Å². The lowest BCUT2D eigenvalue weighted by molar-refractivity contribution is 0.174. The number of aliphatic hydroxyl groups is 1. The maximum Gasteiger partial charge on any atom is 0.315 e. The maximum absolute atomic E-state index is 12.1. The third kappa shape index (κ3) is 4.88. The summed E-state index contributed by atoms with van der Waals surface area (Å²) in [6, 6.07) is 10.6. The lowest BCUT2D eigenvalue weighted by atomic mass is 9.87. The van der Waals surface area contributed by atoms with Gasteiger partial charge in [-0.2, -0.15) is 0 Å². The fraction of sp³-hybridized carbons (Fsp3) is 0.611. The van der Waals surface area contributed by atoms with Crippen molar-refractivity contribution in [2.75, 3.05) is 13.2 Å². The lowest BCUT2D eigenvalue weighted by Crippen LogP contribution is -2.45. The molecule has 0 heterocycles. The molecule has 3 N–H and O–H groups in total. The van der Waals surface area contributed by atoms with E-state index in [9.17, 15) is 4.79 Å². The Kier molecular flexibility index (Phi) is 5.49. The van der Waals surface area contributed by atoms with E-state index in [1.165, 1.54) is 4.90 Å². The molecule has 23 heavy (non-hydrogen) atoms. The summed E-state index contributed by atoms with van der Waals surface area (Å²) >= 11 is 1.88. The van der Waals surface area contributed by atoms with Crippen LogP contribution in [0.4, 0.5) is 4.79 Å². The minimum atomic E-state index is -0.0441. The Morgan fingerprint density at radius 1 is 1.17 bits per heavy atom. The zero-order chi connectivity index (χ0) is 16.1. The van der Waals surface area contributed by atoms with Crippen molar-refractivity contribution in [3.63, 3.8) is 0 Å².